The summed E-state index contributed by atoms with van der Waals surface area (Å²) in [6.07, 6.45) is 0. The Morgan fingerprint density at radius 2 is 1.84 bits per heavy atom. The lowest BCUT2D eigenvalue weighted by molar-refractivity contribution is 0.409. The van der Waals surface area contributed by atoms with E-state index in [4.69, 9.17) is 22.1 Å². The molecule has 1 unspecified atom stereocenters. The molecule has 0 radical (unpaired) electrons. The van der Waals surface area contributed by atoms with Gasteiger partial charge < -0.3 is 10.5 Å². The Balaban J connectivity index is 2.22. The number of thioether (sulfide) groups is 1. The topological polar surface area (TPSA) is 35.2 Å². The molecule has 4 heteroatoms. The smallest absolute Gasteiger partial charge is 0.123 e. The summed E-state index contributed by atoms with van der Waals surface area (Å²) in [5, 5.41) is 0.906. The maximum absolute atomic E-state index is 5.90. The highest BCUT2D eigenvalue weighted by atomic mass is 35.5. The third-order valence-electron chi connectivity index (χ3n) is 2.79. The van der Waals surface area contributed by atoms with Crippen molar-refractivity contribution in [3.05, 3.63) is 59.1 Å². The van der Waals surface area contributed by atoms with Crippen molar-refractivity contribution >= 4 is 23.4 Å². The third-order valence-corrected chi connectivity index (χ3v) is 4.32. The summed E-state index contributed by atoms with van der Waals surface area (Å²) < 4.78 is 5.39. The molecule has 0 aromatic heterocycles. The predicted octanol–water partition coefficient (Wildman–Crippen LogP) is 4.14. The molecular weight excluding hydrogens is 278 g/mol. The van der Waals surface area contributed by atoms with Crippen molar-refractivity contribution < 1.29 is 4.74 Å². The van der Waals surface area contributed by atoms with Gasteiger partial charge in [-0.25, -0.2) is 0 Å². The summed E-state index contributed by atoms with van der Waals surface area (Å²) in [5.74, 6) is 0.874. The monoisotopic (exact) mass is 293 g/mol. The molecular formula is C15H16ClNOS. The summed E-state index contributed by atoms with van der Waals surface area (Å²) in [6.45, 7) is 0.549. The van der Waals surface area contributed by atoms with Gasteiger partial charge >= 0.3 is 0 Å². The Labute approximate surface area is 122 Å². The number of halogens is 1. The van der Waals surface area contributed by atoms with Gasteiger partial charge in [0.1, 0.15) is 5.75 Å². The number of para-hydroxylation sites is 1. The van der Waals surface area contributed by atoms with Crippen molar-refractivity contribution in [2.45, 2.75) is 10.1 Å². The summed E-state index contributed by atoms with van der Waals surface area (Å²) in [6, 6.07) is 15.8. The fourth-order valence-corrected chi connectivity index (χ4v) is 3.01. The van der Waals surface area contributed by atoms with Gasteiger partial charge in [0.25, 0.3) is 0 Å². The third kappa shape index (κ3) is 3.66. The van der Waals surface area contributed by atoms with Crippen LogP contribution in [0.1, 0.15) is 10.8 Å². The van der Waals surface area contributed by atoms with Gasteiger partial charge in [-0.2, -0.15) is 0 Å². The second-order valence-corrected chi connectivity index (χ2v) is 5.75. The van der Waals surface area contributed by atoms with Crippen LogP contribution in [0.25, 0.3) is 0 Å². The van der Waals surface area contributed by atoms with E-state index in [-0.39, 0.29) is 5.25 Å². The zero-order chi connectivity index (χ0) is 13.7. The molecule has 2 nitrogen and oxygen atoms in total. The Kier molecular flexibility index (Phi) is 5.14. The van der Waals surface area contributed by atoms with Gasteiger partial charge in [0.2, 0.25) is 0 Å². The number of hydrogen-bond donors (Lipinski definition) is 1. The van der Waals surface area contributed by atoms with Gasteiger partial charge in [0.15, 0.2) is 0 Å². The molecule has 0 saturated carbocycles. The zero-order valence-electron chi connectivity index (χ0n) is 10.7. The van der Waals surface area contributed by atoms with Crippen LogP contribution in [-0.2, 0) is 0 Å². The molecule has 0 bridgehead atoms. The van der Waals surface area contributed by atoms with E-state index in [0.29, 0.717) is 6.54 Å². The fraction of sp³-hybridized carbons (Fsp3) is 0.200. The number of methoxy groups -OCH3 is 1. The van der Waals surface area contributed by atoms with Crippen LogP contribution < -0.4 is 10.5 Å². The largest absolute Gasteiger partial charge is 0.496 e. The van der Waals surface area contributed by atoms with Crippen LogP contribution in [0.4, 0.5) is 0 Å². The van der Waals surface area contributed by atoms with Gasteiger partial charge in [0.05, 0.1) is 12.4 Å². The van der Waals surface area contributed by atoms with Crippen molar-refractivity contribution in [2.24, 2.45) is 5.73 Å². The first-order chi connectivity index (χ1) is 9.24. The molecule has 100 valence electrons. The van der Waals surface area contributed by atoms with Crippen molar-refractivity contribution in [3.63, 3.8) is 0 Å². The predicted molar refractivity (Wildman–Crippen MR) is 82.1 cm³/mol. The van der Waals surface area contributed by atoms with E-state index in [1.807, 2.05) is 42.5 Å². The molecule has 0 spiro atoms. The van der Waals surface area contributed by atoms with Gasteiger partial charge in [-0.3, -0.25) is 0 Å². The highest BCUT2D eigenvalue weighted by molar-refractivity contribution is 7.99. The highest BCUT2D eigenvalue weighted by Gasteiger charge is 2.15. The average molecular weight is 294 g/mol. The van der Waals surface area contributed by atoms with E-state index < -0.39 is 0 Å². The quantitative estimate of drug-likeness (QED) is 0.842. The van der Waals surface area contributed by atoms with Crippen LogP contribution in [0, 0.1) is 0 Å². The van der Waals surface area contributed by atoms with Gasteiger partial charge in [-0.05, 0) is 30.3 Å². The Morgan fingerprint density at radius 1 is 1.16 bits per heavy atom. The number of hydrogen-bond acceptors (Lipinski definition) is 3. The number of benzene rings is 2. The highest BCUT2D eigenvalue weighted by Crippen LogP contribution is 2.38. The van der Waals surface area contributed by atoms with E-state index >= 15 is 0 Å². The molecule has 0 aliphatic rings. The maximum Gasteiger partial charge on any atom is 0.123 e. The Morgan fingerprint density at radius 3 is 2.47 bits per heavy atom. The van der Waals surface area contributed by atoms with Crippen LogP contribution in [0.5, 0.6) is 5.75 Å². The summed E-state index contributed by atoms with van der Waals surface area (Å²) in [7, 11) is 1.68. The molecule has 2 N–H and O–H groups in total. The van der Waals surface area contributed by atoms with Gasteiger partial charge in [-0.15, -0.1) is 11.8 Å². The van der Waals surface area contributed by atoms with Crippen molar-refractivity contribution in [2.75, 3.05) is 13.7 Å². The molecule has 0 amide bonds. The molecule has 0 saturated heterocycles. The van der Waals surface area contributed by atoms with Crippen LogP contribution in [0.2, 0.25) is 5.02 Å². The zero-order valence-corrected chi connectivity index (χ0v) is 12.2. The summed E-state index contributed by atoms with van der Waals surface area (Å²) >= 11 is 7.61. The molecule has 0 aliphatic carbocycles. The van der Waals surface area contributed by atoms with Crippen molar-refractivity contribution in [1.29, 1.82) is 0 Å². The van der Waals surface area contributed by atoms with E-state index in [1.165, 1.54) is 0 Å². The van der Waals surface area contributed by atoms with E-state index in [0.717, 1.165) is 21.2 Å². The lowest BCUT2D eigenvalue weighted by Crippen LogP contribution is -2.10. The molecule has 2 rings (SSSR count). The first-order valence-electron chi connectivity index (χ1n) is 6.00. The summed E-state index contributed by atoms with van der Waals surface area (Å²) in [5.41, 5.74) is 7.02. The standard InChI is InChI=1S/C15H16ClNOS/c1-18-14-5-3-2-4-13(14)15(10-17)19-12-8-6-11(16)7-9-12/h2-9,15H,10,17H2,1H3. The molecule has 2 aromatic rings. The Bertz CT molecular complexity index is 530. The van der Waals surface area contributed by atoms with Crippen LogP contribution in [-0.4, -0.2) is 13.7 Å². The average Bonchev–Trinajstić information content (AvgIpc) is 2.46. The number of ether oxygens (including phenoxy) is 1. The minimum Gasteiger partial charge on any atom is -0.496 e. The lowest BCUT2D eigenvalue weighted by Gasteiger charge is -2.17. The normalized spacial score (nSPS) is 12.2. The van der Waals surface area contributed by atoms with Gasteiger partial charge in [0, 0.05) is 22.0 Å². The van der Waals surface area contributed by atoms with Crippen molar-refractivity contribution in [3.8, 4) is 5.75 Å². The van der Waals surface area contributed by atoms with E-state index in [9.17, 15) is 0 Å². The minimum absolute atomic E-state index is 0.164. The fourth-order valence-electron chi connectivity index (χ4n) is 1.85. The van der Waals surface area contributed by atoms with E-state index in [2.05, 4.69) is 6.07 Å². The van der Waals surface area contributed by atoms with Crippen LogP contribution in [0.3, 0.4) is 0 Å². The SMILES string of the molecule is COc1ccccc1C(CN)Sc1ccc(Cl)cc1. The second-order valence-electron chi connectivity index (χ2n) is 4.04. The van der Waals surface area contributed by atoms with Crippen LogP contribution >= 0.6 is 23.4 Å². The first-order valence-corrected chi connectivity index (χ1v) is 7.25. The van der Waals surface area contributed by atoms with E-state index in [1.54, 1.807) is 18.9 Å². The number of rotatable bonds is 5. The lowest BCUT2D eigenvalue weighted by atomic mass is 10.1. The van der Waals surface area contributed by atoms with Gasteiger partial charge in [-0.1, -0.05) is 29.8 Å². The minimum atomic E-state index is 0.164. The summed E-state index contributed by atoms with van der Waals surface area (Å²) in [4.78, 5) is 1.14. The van der Waals surface area contributed by atoms with Crippen LogP contribution in [0.15, 0.2) is 53.4 Å². The van der Waals surface area contributed by atoms with Crippen molar-refractivity contribution in [1.82, 2.24) is 0 Å². The molecule has 2 aromatic carbocycles. The Hall–Kier alpha value is -1.16. The maximum atomic E-state index is 5.90. The molecule has 19 heavy (non-hydrogen) atoms. The molecule has 1 atom stereocenters. The molecule has 0 aliphatic heterocycles. The molecule has 0 fully saturated rings. The first kappa shape index (κ1) is 14.3. The second kappa shape index (κ2) is 6.85. The molecule has 0 heterocycles. The number of nitrogens with two attached hydrogens (primary N) is 1.